The van der Waals surface area contributed by atoms with E-state index in [1.165, 1.54) is 0 Å². The topological polar surface area (TPSA) is 34.1 Å². The van der Waals surface area contributed by atoms with Crippen LogP contribution in [0.5, 0.6) is 0 Å². The Kier molecular flexibility index (Phi) is 5.20. The van der Waals surface area contributed by atoms with E-state index in [2.05, 4.69) is 12.6 Å². The first-order chi connectivity index (χ1) is 5.04. The summed E-state index contributed by atoms with van der Waals surface area (Å²) in [6.45, 7) is 3.73. The van der Waals surface area contributed by atoms with Crippen LogP contribution in [0, 0.1) is 5.92 Å². The fraction of sp³-hybridized carbons (Fsp3) is 0.750. The van der Waals surface area contributed by atoms with Crippen molar-refractivity contribution < 1.29 is 9.59 Å². The van der Waals surface area contributed by atoms with Crippen molar-refractivity contribution in [1.82, 2.24) is 0 Å². The van der Waals surface area contributed by atoms with E-state index >= 15 is 0 Å². The summed E-state index contributed by atoms with van der Waals surface area (Å²) < 4.78 is 0. The van der Waals surface area contributed by atoms with Gasteiger partial charge in [-0.15, -0.1) is 12.6 Å². The first-order valence-corrected chi connectivity index (χ1v) is 4.23. The average Bonchev–Trinajstić information content (AvgIpc) is 1.86. The summed E-state index contributed by atoms with van der Waals surface area (Å²) in [7, 11) is 0. The van der Waals surface area contributed by atoms with E-state index in [4.69, 9.17) is 0 Å². The molecule has 11 heavy (non-hydrogen) atoms. The Morgan fingerprint density at radius 1 is 1.27 bits per heavy atom. The molecular weight excluding hydrogens is 160 g/mol. The van der Waals surface area contributed by atoms with Crippen LogP contribution in [-0.4, -0.2) is 10.9 Å². The minimum atomic E-state index is -0.137. The number of hydrogen-bond donors (Lipinski definition) is 1. The van der Waals surface area contributed by atoms with Crippen LogP contribution >= 0.6 is 12.6 Å². The molecule has 0 aliphatic heterocycles. The minimum absolute atomic E-state index is 0.0880. The van der Waals surface area contributed by atoms with Gasteiger partial charge in [-0.05, 0) is 6.42 Å². The van der Waals surface area contributed by atoms with E-state index in [9.17, 15) is 9.59 Å². The van der Waals surface area contributed by atoms with Crippen molar-refractivity contribution in [2.75, 3.05) is 0 Å². The van der Waals surface area contributed by atoms with Crippen LogP contribution < -0.4 is 0 Å². The molecule has 0 aliphatic rings. The normalized spacial score (nSPS) is 10.2. The lowest BCUT2D eigenvalue weighted by Gasteiger charge is -2.01. The molecule has 3 heteroatoms. The monoisotopic (exact) mass is 174 g/mol. The zero-order valence-corrected chi connectivity index (χ0v) is 7.86. The Bertz CT molecular complexity index is 152. The highest BCUT2D eigenvalue weighted by Gasteiger charge is 2.06. The zero-order chi connectivity index (χ0) is 8.85. The standard InChI is InChI=1S/C8H14O2S/c1-6(2)7(9)4-3-5-8(10)11/h6H,3-5H2,1-2H3,(H,10,11). The highest BCUT2D eigenvalue weighted by molar-refractivity contribution is 7.96. The molecule has 0 fully saturated rings. The summed E-state index contributed by atoms with van der Waals surface area (Å²) in [5, 5.41) is -0.137. The Morgan fingerprint density at radius 2 is 1.82 bits per heavy atom. The van der Waals surface area contributed by atoms with Gasteiger partial charge in [0.1, 0.15) is 5.78 Å². The van der Waals surface area contributed by atoms with Crippen LogP contribution in [0.3, 0.4) is 0 Å². The van der Waals surface area contributed by atoms with Gasteiger partial charge in [0.05, 0.1) is 0 Å². The second kappa shape index (κ2) is 5.35. The van der Waals surface area contributed by atoms with Crippen molar-refractivity contribution in [3.05, 3.63) is 0 Å². The lowest BCUT2D eigenvalue weighted by molar-refractivity contribution is -0.122. The average molecular weight is 174 g/mol. The molecule has 0 bridgehead atoms. The van der Waals surface area contributed by atoms with Crippen LogP contribution in [0.4, 0.5) is 0 Å². The van der Waals surface area contributed by atoms with E-state index in [1.807, 2.05) is 13.8 Å². The molecule has 0 aromatic rings. The maximum Gasteiger partial charge on any atom is 0.185 e. The molecular formula is C8H14O2S. The minimum Gasteiger partial charge on any atom is -0.299 e. The van der Waals surface area contributed by atoms with Gasteiger partial charge in [-0.3, -0.25) is 9.59 Å². The smallest absolute Gasteiger partial charge is 0.185 e. The zero-order valence-electron chi connectivity index (χ0n) is 6.96. The molecule has 0 saturated heterocycles. The summed E-state index contributed by atoms with van der Waals surface area (Å²) in [4.78, 5) is 21.3. The molecule has 0 N–H and O–H groups in total. The van der Waals surface area contributed by atoms with E-state index < -0.39 is 0 Å². The van der Waals surface area contributed by atoms with Crippen LogP contribution in [-0.2, 0) is 9.59 Å². The van der Waals surface area contributed by atoms with Gasteiger partial charge in [-0.2, -0.15) is 0 Å². The summed E-state index contributed by atoms with van der Waals surface area (Å²) in [5.41, 5.74) is 0. The molecule has 0 spiro atoms. The van der Waals surface area contributed by atoms with Gasteiger partial charge in [0.25, 0.3) is 0 Å². The highest BCUT2D eigenvalue weighted by Crippen LogP contribution is 2.05. The molecule has 0 amide bonds. The largest absolute Gasteiger partial charge is 0.299 e. The summed E-state index contributed by atoms with van der Waals surface area (Å²) >= 11 is 3.60. The summed E-state index contributed by atoms with van der Waals surface area (Å²) in [5.74, 6) is 0.310. The third-order valence-corrected chi connectivity index (χ3v) is 1.68. The van der Waals surface area contributed by atoms with Gasteiger partial charge in [0, 0.05) is 18.8 Å². The molecule has 0 saturated carbocycles. The van der Waals surface area contributed by atoms with Crippen LogP contribution in [0.2, 0.25) is 0 Å². The third kappa shape index (κ3) is 6.10. The third-order valence-electron chi connectivity index (χ3n) is 1.46. The van der Waals surface area contributed by atoms with Crippen LogP contribution in [0.1, 0.15) is 33.1 Å². The Labute approximate surface area is 72.8 Å². The molecule has 0 aliphatic carbocycles. The van der Waals surface area contributed by atoms with Gasteiger partial charge in [-0.1, -0.05) is 13.8 Å². The highest BCUT2D eigenvalue weighted by atomic mass is 32.1. The molecule has 64 valence electrons. The number of carbonyl (C=O) groups excluding carboxylic acids is 2. The summed E-state index contributed by atoms with van der Waals surface area (Å²) in [6.07, 6.45) is 1.55. The van der Waals surface area contributed by atoms with Gasteiger partial charge in [-0.25, -0.2) is 0 Å². The van der Waals surface area contributed by atoms with Crippen molar-refractivity contribution >= 4 is 23.5 Å². The van der Waals surface area contributed by atoms with Gasteiger partial charge in [0.2, 0.25) is 0 Å². The lowest BCUT2D eigenvalue weighted by Crippen LogP contribution is -2.06. The van der Waals surface area contributed by atoms with E-state index in [0.29, 0.717) is 19.3 Å². The second-order valence-corrected chi connectivity index (χ2v) is 3.37. The number of carbonyl (C=O) groups is 2. The first kappa shape index (κ1) is 10.7. The molecule has 0 atom stereocenters. The van der Waals surface area contributed by atoms with Crippen LogP contribution in [0.15, 0.2) is 0 Å². The molecule has 0 rings (SSSR count). The maximum absolute atomic E-state index is 11.0. The predicted octanol–water partition coefficient (Wildman–Crippen LogP) is 1.84. The van der Waals surface area contributed by atoms with Crippen molar-refractivity contribution in [3.63, 3.8) is 0 Å². The van der Waals surface area contributed by atoms with E-state index in [0.717, 1.165) is 0 Å². The molecule has 0 unspecified atom stereocenters. The molecule has 0 heterocycles. The van der Waals surface area contributed by atoms with Crippen molar-refractivity contribution in [2.24, 2.45) is 5.92 Å². The fourth-order valence-electron chi connectivity index (χ4n) is 0.703. The second-order valence-electron chi connectivity index (χ2n) is 2.87. The Hall–Kier alpha value is -0.310. The van der Waals surface area contributed by atoms with Crippen molar-refractivity contribution in [3.8, 4) is 0 Å². The Balaban J connectivity index is 3.39. The Morgan fingerprint density at radius 3 is 2.18 bits per heavy atom. The predicted molar refractivity (Wildman–Crippen MR) is 47.7 cm³/mol. The van der Waals surface area contributed by atoms with Crippen LogP contribution in [0.25, 0.3) is 0 Å². The quantitative estimate of drug-likeness (QED) is 0.645. The molecule has 0 aromatic heterocycles. The number of thiol groups is 1. The fourth-order valence-corrected chi connectivity index (χ4v) is 0.861. The van der Waals surface area contributed by atoms with E-state index in [-0.39, 0.29) is 16.8 Å². The van der Waals surface area contributed by atoms with Gasteiger partial charge < -0.3 is 0 Å². The summed E-state index contributed by atoms with van der Waals surface area (Å²) in [6, 6.07) is 0. The molecule has 2 nitrogen and oxygen atoms in total. The number of rotatable bonds is 5. The number of hydrogen-bond acceptors (Lipinski definition) is 2. The van der Waals surface area contributed by atoms with E-state index in [1.54, 1.807) is 0 Å². The lowest BCUT2D eigenvalue weighted by atomic mass is 10.0. The molecule has 0 aromatic carbocycles. The van der Waals surface area contributed by atoms with Gasteiger partial charge >= 0.3 is 0 Å². The first-order valence-electron chi connectivity index (χ1n) is 3.78. The maximum atomic E-state index is 11.0. The molecule has 0 radical (unpaired) electrons. The van der Waals surface area contributed by atoms with Crippen molar-refractivity contribution in [2.45, 2.75) is 33.1 Å². The SMILES string of the molecule is CC(C)C(=O)CCCC(=O)S. The van der Waals surface area contributed by atoms with Gasteiger partial charge in [0.15, 0.2) is 5.12 Å². The number of ketones is 1. The number of Topliss-reactive ketones (excluding diaryl/α,β-unsaturated/α-hetero) is 1. The van der Waals surface area contributed by atoms with Crippen molar-refractivity contribution in [1.29, 1.82) is 0 Å².